The van der Waals surface area contributed by atoms with Crippen LogP contribution in [0.1, 0.15) is 35.0 Å². The number of piperazine rings is 1. The van der Waals surface area contributed by atoms with Crippen LogP contribution in [0.5, 0.6) is 0 Å². The second kappa shape index (κ2) is 9.90. The fourth-order valence-electron chi connectivity index (χ4n) is 4.16. The van der Waals surface area contributed by atoms with Crippen LogP contribution in [0.4, 0.5) is 14.5 Å². The Morgan fingerprint density at radius 1 is 1.24 bits per heavy atom. The molecule has 2 aromatic rings. The Kier molecular flexibility index (Phi) is 7.28. The van der Waals surface area contributed by atoms with Crippen molar-refractivity contribution in [2.45, 2.75) is 50.5 Å². The van der Waals surface area contributed by atoms with Crippen molar-refractivity contribution < 1.29 is 23.4 Å². The van der Waals surface area contributed by atoms with Gasteiger partial charge in [-0.25, -0.2) is 21.9 Å². The number of hydrogen-bond acceptors (Lipinski definition) is 9. The van der Waals surface area contributed by atoms with E-state index in [4.69, 9.17) is 10.8 Å². The Morgan fingerprint density at radius 3 is 2.39 bits per heavy atom. The Morgan fingerprint density at radius 2 is 1.87 bits per heavy atom. The number of nitrogens with one attached hydrogen (secondary N) is 3. The zero-order valence-corrected chi connectivity index (χ0v) is 22.7. The normalized spacial score (nSPS) is 17.5. The maximum Gasteiger partial charge on any atom is 0.286 e. The minimum absolute atomic E-state index is 0. The molecule has 1 aromatic carbocycles. The van der Waals surface area contributed by atoms with Crippen molar-refractivity contribution in [2.24, 2.45) is 5.41 Å². The lowest BCUT2D eigenvalue weighted by Gasteiger charge is -2.39. The van der Waals surface area contributed by atoms with Crippen LogP contribution in [0.25, 0.3) is 10.9 Å². The zero-order valence-electron chi connectivity index (χ0n) is 21.1. The molecule has 3 N–H and O–H groups in total. The summed E-state index contributed by atoms with van der Waals surface area (Å²) >= 11 is 0.216. The van der Waals surface area contributed by atoms with Crippen LogP contribution in [0.3, 0.4) is 0 Å². The van der Waals surface area contributed by atoms with Gasteiger partial charge >= 0.3 is 0 Å². The number of carbonyl (C=O) groups is 1. The smallest absolute Gasteiger partial charge is 0.286 e. The van der Waals surface area contributed by atoms with Crippen LogP contribution >= 0.6 is 11.8 Å². The number of benzene rings is 1. The van der Waals surface area contributed by atoms with Crippen molar-refractivity contribution in [3.8, 4) is 6.07 Å². The molecule has 15 heteroatoms. The lowest BCUT2D eigenvalue weighted by Crippen LogP contribution is -2.51. The van der Waals surface area contributed by atoms with E-state index < -0.39 is 37.6 Å². The topological polar surface area (TPSA) is 159 Å². The number of thioether (sulfide) groups is 1. The van der Waals surface area contributed by atoms with E-state index in [1.54, 1.807) is 4.90 Å². The molecule has 0 atom stereocenters. The summed E-state index contributed by atoms with van der Waals surface area (Å²) in [5.41, 5.74) is -1.04. The molecule has 0 radical (unpaired) electrons. The Bertz CT molecular complexity index is 1450. The van der Waals surface area contributed by atoms with Gasteiger partial charge in [-0.05, 0) is 36.7 Å². The first-order chi connectivity index (χ1) is 17.7. The highest BCUT2D eigenvalue weighted by Gasteiger charge is 2.47. The van der Waals surface area contributed by atoms with Gasteiger partial charge in [-0.1, -0.05) is 20.8 Å². The Balaban J connectivity index is 0.00000420. The molecule has 0 spiro atoms. The van der Waals surface area contributed by atoms with Crippen molar-refractivity contribution >= 4 is 54.5 Å². The third kappa shape index (κ3) is 5.52. The number of aromatic nitrogens is 2. The minimum Gasteiger partial charge on any atom is -0.367 e. The number of carbonyl (C=O) groups excluding carboxylic acids is 1. The van der Waals surface area contributed by atoms with E-state index in [-0.39, 0.29) is 29.5 Å². The Hall–Kier alpha value is -3.09. The highest BCUT2D eigenvalue weighted by atomic mass is 32.2. The number of anilines is 1. The van der Waals surface area contributed by atoms with Gasteiger partial charge in [0.15, 0.2) is 5.17 Å². The van der Waals surface area contributed by atoms with Gasteiger partial charge in [-0.15, -0.1) is 0 Å². The first kappa shape index (κ1) is 27.9. The molecule has 11 nitrogen and oxygen atoms in total. The molecule has 2 aliphatic rings. The van der Waals surface area contributed by atoms with Crippen LogP contribution in [-0.4, -0.2) is 77.4 Å². The van der Waals surface area contributed by atoms with E-state index in [9.17, 15) is 27.3 Å². The van der Waals surface area contributed by atoms with Gasteiger partial charge in [0, 0.05) is 44.1 Å². The van der Waals surface area contributed by atoms with E-state index in [0.717, 1.165) is 4.68 Å². The van der Waals surface area contributed by atoms with Crippen molar-refractivity contribution in [1.82, 2.24) is 19.4 Å². The van der Waals surface area contributed by atoms with Gasteiger partial charge < -0.3 is 9.80 Å². The van der Waals surface area contributed by atoms with Crippen LogP contribution in [0, 0.1) is 27.6 Å². The molecule has 2 heterocycles. The van der Waals surface area contributed by atoms with Crippen LogP contribution in [0.15, 0.2) is 23.2 Å². The number of amides is 1. The molecule has 38 heavy (non-hydrogen) atoms. The summed E-state index contributed by atoms with van der Waals surface area (Å²) in [5, 5.41) is 28.1. The molecule has 1 saturated heterocycles. The largest absolute Gasteiger partial charge is 0.367 e. The van der Waals surface area contributed by atoms with Gasteiger partial charge in [0.05, 0.1) is 22.7 Å². The van der Waals surface area contributed by atoms with Gasteiger partial charge in [-0.3, -0.25) is 15.6 Å². The van der Waals surface area contributed by atoms with Gasteiger partial charge in [0.25, 0.3) is 6.43 Å². The molecule has 1 aliphatic carbocycles. The average molecular weight is 569 g/mol. The SMILES string of the molecule is CC(C)(C)C(=O)N1CCN(c2cc(S(=O)(=O)NC3(C#N)CC3)cc3c2cnn3C(=N)SC(=N)C(F)F)CC1.[HH]. The number of hydrogen-bond donors (Lipinski definition) is 3. The first-order valence-corrected chi connectivity index (χ1v) is 14.1. The first-order valence-electron chi connectivity index (χ1n) is 11.8. The zero-order chi connectivity index (χ0) is 28.0. The lowest BCUT2D eigenvalue weighted by atomic mass is 9.94. The highest BCUT2D eigenvalue weighted by Crippen LogP contribution is 2.38. The fourth-order valence-corrected chi connectivity index (χ4v) is 6.10. The number of nitrogens with zero attached hydrogens (tertiary/aromatic N) is 5. The molecule has 206 valence electrons. The predicted octanol–water partition coefficient (Wildman–Crippen LogP) is 3.07. The quantitative estimate of drug-likeness (QED) is 0.369. The summed E-state index contributed by atoms with van der Waals surface area (Å²) in [5.74, 6) is 0.00818. The third-order valence-electron chi connectivity index (χ3n) is 6.39. The monoisotopic (exact) mass is 568 g/mol. The van der Waals surface area contributed by atoms with Gasteiger partial charge in [0.2, 0.25) is 15.9 Å². The maximum atomic E-state index is 13.3. The van der Waals surface area contributed by atoms with Crippen molar-refractivity contribution in [1.29, 1.82) is 16.1 Å². The standard InChI is InChI=1S/C23H28F2N8O3S2.H2/c1-22(2,3)20(34)32-8-6-31(7-9-32)16-10-14(38(35,36)30-23(13-26)4-5-23)11-17-15(16)12-29-33(17)21(28)37-19(27)18(24)25;/h10-12,18,27-28,30H,4-9H2,1-3H3;1H. The molecule has 0 unspecified atom stereocenters. The van der Waals surface area contributed by atoms with E-state index >= 15 is 0 Å². The van der Waals surface area contributed by atoms with Crippen LogP contribution in [-0.2, 0) is 14.8 Å². The molecule has 1 saturated carbocycles. The van der Waals surface area contributed by atoms with Gasteiger partial charge in [0.1, 0.15) is 10.6 Å². The Labute approximate surface area is 224 Å². The number of halogens is 2. The summed E-state index contributed by atoms with van der Waals surface area (Å²) < 4.78 is 55.9. The lowest BCUT2D eigenvalue weighted by molar-refractivity contribution is -0.139. The number of alkyl halides is 2. The van der Waals surface area contributed by atoms with Gasteiger partial charge in [-0.2, -0.15) is 15.1 Å². The second-order valence-electron chi connectivity index (χ2n) is 10.3. The number of rotatable bonds is 5. The predicted molar refractivity (Wildman–Crippen MR) is 142 cm³/mol. The second-order valence-corrected chi connectivity index (χ2v) is 13.0. The van der Waals surface area contributed by atoms with Crippen molar-refractivity contribution in [2.75, 3.05) is 31.1 Å². The van der Waals surface area contributed by atoms with E-state index in [0.29, 0.717) is 50.1 Å². The number of nitriles is 1. The van der Waals surface area contributed by atoms with Crippen LogP contribution < -0.4 is 9.62 Å². The average Bonchev–Trinajstić information content (AvgIpc) is 3.48. The molecule has 0 bridgehead atoms. The molecule has 1 aliphatic heterocycles. The summed E-state index contributed by atoms with van der Waals surface area (Å²) in [6, 6.07) is 4.73. The minimum atomic E-state index is -4.16. The summed E-state index contributed by atoms with van der Waals surface area (Å²) in [6.45, 7) is 7.17. The molecule has 1 amide bonds. The van der Waals surface area contributed by atoms with E-state index in [1.807, 2.05) is 31.7 Å². The number of fused-ring (bicyclic) bond motifs is 1. The third-order valence-corrected chi connectivity index (χ3v) is 8.67. The molecule has 4 rings (SSSR count). The molecular formula is C23H30F2N8O3S2. The van der Waals surface area contributed by atoms with Crippen molar-refractivity contribution in [3.63, 3.8) is 0 Å². The van der Waals surface area contributed by atoms with E-state index in [1.165, 1.54) is 18.3 Å². The number of sulfonamides is 1. The summed E-state index contributed by atoms with van der Waals surface area (Å²) in [7, 11) is -4.16. The summed E-state index contributed by atoms with van der Waals surface area (Å²) in [4.78, 5) is 16.2. The molecular weight excluding hydrogens is 538 g/mol. The van der Waals surface area contributed by atoms with E-state index in [2.05, 4.69) is 9.82 Å². The highest BCUT2D eigenvalue weighted by molar-refractivity contribution is 8.26. The molecule has 2 fully saturated rings. The fraction of sp³-hybridized carbons (Fsp3) is 0.522. The van der Waals surface area contributed by atoms with Crippen LogP contribution in [0.2, 0.25) is 0 Å². The summed E-state index contributed by atoms with van der Waals surface area (Å²) in [6.07, 6.45) is -0.877. The molecule has 1 aromatic heterocycles. The van der Waals surface area contributed by atoms with Crippen molar-refractivity contribution in [3.05, 3.63) is 18.3 Å². The maximum absolute atomic E-state index is 13.3.